The number of hydrogen-bond acceptors (Lipinski definition) is 5. The van der Waals surface area contributed by atoms with Crippen LogP contribution in [0.25, 0.3) is 0 Å². The maximum absolute atomic E-state index is 11.6. The van der Waals surface area contributed by atoms with Crippen LogP contribution in [0.4, 0.5) is 0 Å². The number of aliphatic hydroxyl groups is 1. The van der Waals surface area contributed by atoms with Gasteiger partial charge < -0.3 is 10.2 Å². The second-order valence-electron chi connectivity index (χ2n) is 7.35. The Hall–Kier alpha value is -1.89. The number of aromatic amines is 2. The zero-order valence-corrected chi connectivity index (χ0v) is 13.1. The molecule has 1 aromatic heterocycles. The van der Waals surface area contributed by atoms with E-state index < -0.39 is 17.1 Å². The lowest BCUT2D eigenvalue weighted by Crippen LogP contribution is -2.40. The van der Waals surface area contributed by atoms with Gasteiger partial charge in [0.05, 0.1) is 6.10 Å². The summed E-state index contributed by atoms with van der Waals surface area (Å²) in [5, 5.41) is 19.6. The summed E-state index contributed by atoms with van der Waals surface area (Å²) in [6.45, 7) is 6.74. The fourth-order valence-electron chi connectivity index (χ4n) is 3.66. The largest absolute Gasteiger partial charge is 0.494 e. The van der Waals surface area contributed by atoms with E-state index in [1.807, 2.05) is 4.98 Å². The second-order valence-corrected chi connectivity index (χ2v) is 7.35. The molecule has 0 radical (unpaired) electrons. The molecule has 0 aromatic carbocycles. The van der Waals surface area contributed by atoms with Crippen LogP contribution in [-0.2, 0) is 0 Å². The predicted molar refractivity (Wildman–Crippen MR) is 83.6 cm³/mol. The fraction of sp³-hybridized carbons (Fsp3) is 0.667. The van der Waals surface area contributed by atoms with E-state index in [1.165, 1.54) is 6.21 Å². The highest BCUT2D eigenvalue weighted by Gasteiger charge is 2.40. The van der Waals surface area contributed by atoms with Crippen LogP contribution in [0.3, 0.4) is 0 Å². The van der Waals surface area contributed by atoms with Gasteiger partial charge in [-0.05, 0) is 30.1 Å². The van der Waals surface area contributed by atoms with E-state index in [4.69, 9.17) is 0 Å². The number of aliphatic imine (C=N–C) groups is 1. The third-order valence-electron chi connectivity index (χ3n) is 4.07. The second kappa shape index (κ2) is 5.72. The fourth-order valence-corrected chi connectivity index (χ4v) is 3.66. The van der Waals surface area contributed by atoms with Gasteiger partial charge >= 0.3 is 5.69 Å². The van der Waals surface area contributed by atoms with Crippen molar-refractivity contribution in [3.05, 3.63) is 26.4 Å². The lowest BCUT2D eigenvalue weighted by Gasteiger charge is -2.44. The molecule has 0 unspecified atom stereocenters. The van der Waals surface area contributed by atoms with Gasteiger partial charge in [-0.15, -0.1) is 0 Å². The van der Waals surface area contributed by atoms with Crippen LogP contribution >= 0.6 is 0 Å². The van der Waals surface area contributed by atoms with Gasteiger partial charge in [0.15, 0.2) is 0 Å². The Bertz CT molecular complexity index is 689. The van der Waals surface area contributed by atoms with E-state index in [0.717, 1.165) is 12.8 Å². The van der Waals surface area contributed by atoms with Gasteiger partial charge in [0.1, 0.15) is 5.56 Å². The summed E-state index contributed by atoms with van der Waals surface area (Å²) in [6.07, 6.45) is 3.26. The van der Waals surface area contributed by atoms with Gasteiger partial charge in [-0.3, -0.25) is 19.8 Å². The lowest BCUT2D eigenvalue weighted by molar-refractivity contribution is -0.00472. The molecule has 1 aliphatic rings. The molecule has 122 valence electrons. The number of H-pyrrole nitrogens is 2. The van der Waals surface area contributed by atoms with Gasteiger partial charge in [-0.2, -0.15) is 0 Å². The Kier molecular flexibility index (Phi) is 4.28. The molecule has 2 atom stereocenters. The maximum Gasteiger partial charge on any atom is 0.328 e. The van der Waals surface area contributed by atoms with Crippen molar-refractivity contribution < 1.29 is 10.2 Å². The number of nitrogens with zero attached hydrogens (tertiary/aromatic N) is 1. The number of hydrogen-bond donors (Lipinski definition) is 4. The van der Waals surface area contributed by atoms with E-state index in [1.54, 1.807) is 0 Å². The molecule has 7 heteroatoms. The molecule has 1 fully saturated rings. The van der Waals surface area contributed by atoms with Crippen LogP contribution in [-0.4, -0.2) is 39.0 Å². The molecular weight excluding hydrogens is 286 g/mol. The molecule has 1 saturated carbocycles. The van der Waals surface area contributed by atoms with E-state index in [0.29, 0.717) is 13.0 Å². The number of aliphatic hydroxyl groups excluding tert-OH is 1. The summed E-state index contributed by atoms with van der Waals surface area (Å²) in [5.74, 6) is -0.494. The monoisotopic (exact) mass is 309 g/mol. The highest BCUT2D eigenvalue weighted by molar-refractivity contribution is 5.81. The molecule has 0 amide bonds. The van der Waals surface area contributed by atoms with Crippen molar-refractivity contribution >= 4 is 6.21 Å². The summed E-state index contributed by atoms with van der Waals surface area (Å²) in [5.41, 5.74) is -1.64. The first-order chi connectivity index (χ1) is 10.1. The molecule has 0 bridgehead atoms. The average molecular weight is 309 g/mol. The van der Waals surface area contributed by atoms with Crippen LogP contribution in [0.5, 0.6) is 5.88 Å². The first kappa shape index (κ1) is 16.5. The van der Waals surface area contributed by atoms with Crippen molar-refractivity contribution in [2.24, 2.45) is 15.8 Å². The highest BCUT2D eigenvalue weighted by Crippen LogP contribution is 2.46. The highest BCUT2D eigenvalue weighted by atomic mass is 16.3. The maximum atomic E-state index is 11.6. The van der Waals surface area contributed by atoms with Crippen LogP contribution in [0, 0.1) is 10.8 Å². The Morgan fingerprint density at radius 1 is 1.27 bits per heavy atom. The molecule has 1 heterocycles. The molecule has 2 rings (SSSR count). The lowest BCUT2D eigenvalue weighted by atomic mass is 9.63. The molecule has 0 spiro atoms. The zero-order chi connectivity index (χ0) is 16.5. The van der Waals surface area contributed by atoms with Crippen molar-refractivity contribution in [1.29, 1.82) is 0 Å². The van der Waals surface area contributed by atoms with E-state index in [9.17, 15) is 19.8 Å². The number of rotatable bonds is 3. The quantitative estimate of drug-likeness (QED) is 0.616. The normalized spacial score (nSPS) is 28.1. The molecule has 1 aromatic rings. The average Bonchev–Trinajstić information content (AvgIpc) is 2.28. The van der Waals surface area contributed by atoms with E-state index in [-0.39, 0.29) is 22.5 Å². The summed E-state index contributed by atoms with van der Waals surface area (Å²) >= 11 is 0. The third kappa shape index (κ3) is 3.85. The van der Waals surface area contributed by atoms with Crippen LogP contribution in [0.2, 0.25) is 0 Å². The number of aromatic hydroxyl groups is 1. The van der Waals surface area contributed by atoms with Crippen LogP contribution < -0.4 is 11.2 Å². The molecule has 7 nitrogen and oxygen atoms in total. The third-order valence-corrected chi connectivity index (χ3v) is 4.07. The SMILES string of the molecule is CC1(C)C[C@H](O)C[C@](C)(CN=Cc2c(O)[nH]c(=O)[nH]c2=O)C1. The summed E-state index contributed by atoms with van der Waals surface area (Å²) in [4.78, 5) is 31.0. The van der Waals surface area contributed by atoms with E-state index >= 15 is 0 Å². The van der Waals surface area contributed by atoms with E-state index in [2.05, 4.69) is 30.7 Å². The Labute approximate surface area is 128 Å². The molecule has 22 heavy (non-hydrogen) atoms. The Morgan fingerprint density at radius 2 is 1.95 bits per heavy atom. The summed E-state index contributed by atoms with van der Waals surface area (Å²) in [7, 11) is 0. The van der Waals surface area contributed by atoms with Crippen molar-refractivity contribution in [2.75, 3.05) is 6.54 Å². The minimum absolute atomic E-state index is 0.0412. The minimum atomic E-state index is -0.760. The zero-order valence-electron chi connectivity index (χ0n) is 13.1. The first-order valence-electron chi connectivity index (χ1n) is 7.34. The van der Waals surface area contributed by atoms with Crippen molar-refractivity contribution in [2.45, 2.75) is 46.1 Å². The van der Waals surface area contributed by atoms with Gasteiger partial charge in [-0.25, -0.2) is 4.79 Å². The number of nitrogens with one attached hydrogen (secondary N) is 2. The van der Waals surface area contributed by atoms with Crippen molar-refractivity contribution in [3.8, 4) is 5.88 Å². The smallest absolute Gasteiger partial charge is 0.328 e. The summed E-state index contributed by atoms with van der Waals surface area (Å²) in [6, 6.07) is 0. The van der Waals surface area contributed by atoms with Gasteiger partial charge in [0, 0.05) is 12.8 Å². The predicted octanol–water partition coefficient (Wildman–Crippen LogP) is 0.765. The Morgan fingerprint density at radius 3 is 2.55 bits per heavy atom. The van der Waals surface area contributed by atoms with Crippen molar-refractivity contribution in [1.82, 2.24) is 9.97 Å². The molecule has 4 N–H and O–H groups in total. The standard InChI is InChI=1S/C15H23N3O4/c1-14(2)4-9(19)5-15(3,7-14)8-16-6-10-11(20)17-13(22)18-12(10)21/h6,9,19H,4-5,7-8H2,1-3H3,(H3,17,18,20,21,22)/t9-,15-/m0/s1. The van der Waals surface area contributed by atoms with Gasteiger partial charge in [0.2, 0.25) is 5.88 Å². The minimum Gasteiger partial charge on any atom is -0.494 e. The summed E-state index contributed by atoms with van der Waals surface area (Å²) < 4.78 is 0. The van der Waals surface area contributed by atoms with Gasteiger partial charge in [-0.1, -0.05) is 20.8 Å². The topological polar surface area (TPSA) is 119 Å². The molecule has 0 saturated heterocycles. The van der Waals surface area contributed by atoms with Gasteiger partial charge in [0.25, 0.3) is 5.56 Å². The van der Waals surface area contributed by atoms with Crippen molar-refractivity contribution in [3.63, 3.8) is 0 Å². The van der Waals surface area contributed by atoms with Crippen LogP contribution in [0.15, 0.2) is 14.6 Å². The molecule has 0 aliphatic heterocycles. The number of aromatic nitrogens is 2. The van der Waals surface area contributed by atoms with Crippen LogP contribution in [0.1, 0.15) is 45.6 Å². The molecule has 1 aliphatic carbocycles. The first-order valence-corrected chi connectivity index (χ1v) is 7.34. The molecular formula is C15H23N3O4. The Balaban J connectivity index is 2.15.